The van der Waals surface area contributed by atoms with Gasteiger partial charge in [-0.05, 0) is 24.3 Å². The zero-order valence-electron chi connectivity index (χ0n) is 14.2. The van der Waals surface area contributed by atoms with Gasteiger partial charge in [-0.3, -0.25) is 4.98 Å². The summed E-state index contributed by atoms with van der Waals surface area (Å²) in [6.45, 7) is 0.104. The molecule has 0 aliphatic heterocycles. The van der Waals surface area contributed by atoms with Crippen LogP contribution in [0.25, 0.3) is 11.3 Å². The summed E-state index contributed by atoms with van der Waals surface area (Å²) < 4.78 is 37.9. The van der Waals surface area contributed by atoms with E-state index in [0.29, 0.717) is 16.5 Å². The fraction of sp³-hybridized carbons (Fsp3) is 0.176. The fourth-order valence-electron chi connectivity index (χ4n) is 2.27. The number of aromatic nitrogens is 2. The number of ether oxygens (including phenoxy) is 2. The Morgan fingerprint density at radius 1 is 1.08 bits per heavy atom. The van der Waals surface area contributed by atoms with E-state index in [9.17, 15) is 8.42 Å². The molecule has 0 aliphatic rings. The molecule has 1 aromatic carbocycles. The number of pyridine rings is 1. The van der Waals surface area contributed by atoms with Crippen molar-refractivity contribution in [1.82, 2.24) is 14.7 Å². The number of nitrogens with zero attached hydrogens (tertiary/aromatic N) is 2. The molecular weight excluding hydrogens is 374 g/mol. The first-order valence-corrected chi connectivity index (χ1v) is 9.96. The molecule has 26 heavy (non-hydrogen) atoms. The first-order chi connectivity index (χ1) is 12.5. The van der Waals surface area contributed by atoms with Gasteiger partial charge in [0, 0.05) is 29.4 Å². The van der Waals surface area contributed by atoms with Crippen molar-refractivity contribution in [3.8, 4) is 22.8 Å². The smallest absolute Gasteiger partial charge is 0.241 e. The molecular formula is C17H17N3O4S2. The van der Waals surface area contributed by atoms with Gasteiger partial charge in [0.15, 0.2) is 11.5 Å². The number of rotatable bonds is 7. The SMILES string of the molecule is COc1ccc(S(=O)(=O)NCc2nc(-c3ccncc3)cs2)cc1OC. The average Bonchev–Trinajstić information content (AvgIpc) is 3.15. The monoisotopic (exact) mass is 391 g/mol. The van der Waals surface area contributed by atoms with Crippen molar-refractivity contribution in [2.45, 2.75) is 11.4 Å². The molecule has 1 N–H and O–H groups in total. The molecule has 0 saturated heterocycles. The van der Waals surface area contributed by atoms with Gasteiger partial charge in [-0.1, -0.05) is 0 Å². The third kappa shape index (κ3) is 4.01. The molecule has 2 aromatic heterocycles. The van der Waals surface area contributed by atoms with E-state index in [2.05, 4.69) is 14.7 Å². The minimum absolute atomic E-state index is 0.0982. The lowest BCUT2D eigenvalue weighted by Crippen LogP contribution is -2.23. The van der Waals surface area contributed by atoms with Gasteiger partial charge in [-0.25, -0.2) is 18.1 Å². The summed E-state index contributed by atoms with van der Waals surface area (Å²) in [6.07, 6.45) is 3.38. The van der Waals surface area contributed by atoms with E-state index in [0.717, 1.165) is 11.3 Å². The van der Waals surface area contributed by atoms with Gasteiger partial charge in [0.05, 0.1) is 31.4 Å². The molecule has 0 atom stereocenters. The summed E-state index contributed by atoms with van der Waals surface area (Å²) in [5.41, 5.74) is 1.72. The predicted octanol–water partition coefficient (Wildman–Crippen LogP) is 2.70. The Hall–Kier alpha value is -2.49. The van der Waals surface area contributed by atoms with E-state index in [-0.39, 0.29) is 11.4 Å². The molecule has 2 heterocycles. The van der Waals surface area contributed by atoms with Gasteiger partial charge < -0.3 is 9.47 Å². The Morgan fingerprint density at radius 3 is 2.50 bits per heavy atom. The maximum absolute atomic E-state index is 12.5. The van der Waals surface area contributed by atoms with Gasteiger partial charge in [0.2, 0.25) is 10.0 Å². The van der Waals surface area contributed by atoms with Crippen LogP contribution in [0.5, 0.6) is 11.5 Å². The van der Waals surface area contributed by atoms with Crippen molar-refractivity contribution < 1.29 is 17.9 Å². The first kappa shape index (κ1) is 18.3. The summed E-state index contributed by atoms with van der Waals surface area (Å²) in [7, 11) is -0.751. The number of sulfonamides is 1. The molecule has 0 bridgehead atoms. The lowest BCUT2D eigenvalue weighted by atomic mass is 10.2. The van der Waals surface area contributed by atoms with Crippen LogP contribution < -0.4 is 14.2 Å². The molecule has 3 rings (SSSR count). The van der Waals surface area contributed by atoms with E-state index in [4.69, 9.17) is 9.47 Å². The van der Waals surface area contributed by atoms with Crippen molar-refractivity contribution in [2.75, 3.05) is 14.2 Å². The minimum atomic E-state index is -3.70. The van der Waals surface area contributed by atoms with Crippen molar-refractivity contribution >= 4 is 21.4 Å². The van der Waals surface area contributed by atoms with Gasteiger partial charge in [0.25, 0.3) is 0 Å². The Kier molecular flexibility index (Phi) is 5.50. The zero-order chi connectivity index (χ0) is 18.6. The molecule has 3 aromatic rings. The lowest BCUT2D eigenvalue weighted by molar-refractivity contribution is 0.354. The Bertz CT molecular complexity index is 988. The van der Waals surface area contributed by atoms with Crippen molar-refractivity contribution in [2.24, 2.45) is 0 Å². The lowest BCUT2D eigenvalue weighted by Gasteiger charge is -2.10. The van der Waals surface area contributed by atoms with Crippen LogP contribution in [0.3, 0.4) is 0 Å². The number of thiazole rings is 1. The van der Waals surface area contributed by atoms with Crippen molar-refractivity contribution in [1.29, 1.82) is 0 Å². The second-order valence-corrected chi connectivity index (χ2v) is 7.91. The van der Waals surface area contributed by atoms with Crippen molar-refractivity contribution in [3.63, 3.8) is 0 Å². The standard InChI is InChI=1S/C17H17N3O4S2/c1-23-15-4-3-13(9-16(15)24-2)26(21,22)19-10-17-20-14(11-25-17)12-5-7-18-8-6-12/h3-9,11,19H,10H2,1-2H3. The van der Waals surface area contributed by atoms with E-state index in [1.54, 1.807) is 18.5 Å². The van der Waals surface area contributed by atoms with Crippen LogP contribution in [0, 0.1) is 0 Å². The van der Waals surface area contributed by atoms with Crippen LogP contribution in [0.15, 0.2) is 53.0 Å². The largest absolute Gasteiger partial charge is 0.493 e. The van der Waals surface area contributed by atoms with Crippen LogP contribution in [-0.4, -0.2) is 32.6 Å². The average molecular weight is 391 g/mol. The van der Waals surface area contributed by atoms with E-state index >= 15 is 0 Å². The molecule has 0 radical (unpaired) electrons. The summed E-state index contributed by atoms with van der Waals surface area (Å²) in [5, 5.41) is 2.55. The van der Waals surface area contributed by atoms with Crippen molar-refractivity contribution in [3.05, 3.63) is 53.1 Å². The van der Waals surface area contributed by atoms with Gasteiger partial charge in [0.1, 0.15) is 5.01 Å². The molecule has 9 heteroatoms. The van der Waals surface area contributed by atoms with E-state index in [1.807, 2.05) is 17.5 Å². The Morgan fingerprint density at radius 2 is 1.81 bits per heavy atom. The van der Waals surface area contributed by atoms with Gasteiger partial charge in [-0.2, -0.15) is 0 Å². The second-order valence-electron chi connectivity index (χ2n) is 5.20. The fourth-order valence-corrected chi connectivity index (χ4v) is 4.11. The van der Waals surface area contributed by atoms with Crippen LogP contribution in [0.1, 0.15) is 5.01 Å². The Labute approximate surface area is 155 Å². The van der Waals surface area contributed by atoms with Crippen LogP contribution >= 0.6 is 11.3 Å². The molecule has 136 valence electrons. The number of nitrogens with one attached hydrogen (secondary N) is 1. The molecule has 0 fully saturated rings. The molecule has 0 aliphatic carbocycles. The third-order valence-corrected chi connectivity index (χ3v) is 5.85. The predicted molar refractivity (Wildman–Crippen MR) is 98.9 cm³/mol. The number of benzene rings is 1. The van der Waals surface area contributed by atoms with Crippen LogP contribution in [0.4, 0.5) is 0 Å². The molecule has 7 nitrogen and oxygen atoms in total. The minimum Gasteiger partial charge on any atom is -0.493 e. The number of methoxy groups -OCH3 is 2. The van der Waals surface area contributed by atoms with Gasteiger partial charge in [-0.15, -0.1) is 11.3 Å². The molecule has 0 saturated carbocycles. The highest BCUT2D eigenvalue weighted by molar-refractivity contribution is 7.89. The summed E-state index contributed by atoms with van der Waals surface area (Å²) in [4.78, 5) is 8.53. The van der Waals surface area contributed by atoms with Gasteiger partial charge >= 0.3 is 0 Å². The first-order valence-electron chi connectivity index (χ1n) is 7.60. The molecule has 0 amide bonds. The highest BCUT2D eigenvalue weighted by atomic mass is 32.2. The Balaban J connectivity index is 1.74. The molecule has 0 spiro atoms. The summed E-state index contributed by atoms with van der Waals surface area (Å²) >= 11 is 1.39. The third-order valence-electron chi connectivity index (χ3n) is 3.61. The second kappa shape index (κ2) is 7.81. The van der Waals surface area contributed by atoms with E-state index in [1.165, 1.54) is 37.7 Å². The maximum atomic E-state index is 12.5. The molecule has 0 unspecified atom stereocenters. The topological polar surface area (TPSA) is 90.4 Å². The van der Waals surface area contributed by atoms with Crippen LogP contribution in [0.2, 0.25) is 0 Å². The normalized spacial score (nSPS) is 11.3. The zero-order valence-corrected chi connectivity index (χ0v) is 15.8. The summed E-state index contributed by atoms with van der Waals surface area (Å²) in [6, 6.07) is 8.15. The maximum Gasteiger partial charge on any atom is 0.241 e. The highest BCUT2D eigenvalue weighted by Gasteiger charge is 2.17. The summed E-state index contributed by atoms with van der Waals surface area (Å²) in [5.74, 6) is 0.818. The highest BCUT2D eigenvalue weighted by Crippen LogP contribution is 2.29. The quantitative estimate of drug-likeness (QED) is 0.666. The number of hydrogen-bond acceptors (Lipinski definition) is 7. The number of hydrogen-bond donors (Lipinski definition) is 1. The van der Waals surface area contributed by atoms with Crippen LogP contribution in [-0.2, 0) is 16.6 Å². The van der Waals surface area contributed by atoms with E-state index < -0.39 is 10.0 Å².